The van der Waals surface area contributed by atoms with Crippen LogP contribution in [-0.4, -0.2) is 22.2 Å². The minimum atomic E-state index is -0.341. The van der Waals surface area contributed by atoms with Crippen molar-refractivity contribution in [1.82, 2.24) is 5.06 Å². The number of hydrogen-bond acceptors (Lipinski definition) is 3. The van der Waals surface area contributed by atoms with Gasteiger partial charge in [-0.1, -0.05) is 19.3 Å². The maximum absolute atomic E-state index is 12.1. The van der Waals surface area contributed by atoms with Crippen molar-refractivity contribution >= 4 is 5.91 Å². The Hall–Kier alpha value is -1.29. The first-order valence-corrected chi connectivity index (χ1v) is 6.19. The zero-order valence-corrected chi connectivity index (χ0v) is 10.4. The van der Waals surface area contributed by atoms with Crippen molar-refractivity contribution < 1.29 is 14.4 Å². The normalized spacial score (nSPS) is 17.1. The van der Waals surface area contributed by atoms with Crippen LogP contribution in [0.3, 0.4) is 0 Å². The summed E-state index contributed by atoms with van der Waals surface area (Å²) < 4.78 is 5.31. The number of furan rings is 1. The third kappa shape index (κ3) is 2.52. The van der Waals surface area contributed by atoms with Crippen molar-refractivity contribution in [3.05, 3.63) is 23.2 Å². The molecule has 94 valence electrons. The standard InChI is InChI=1S/C13H19NO3/c1-9-8-12(10(2)17-9)13(15)14(16)11-6-4-3-5-7-11/h8,11,16H,3-7H2,1-2H3. The molecule has 0 bridgehead atoms. The number of hydrogen-bond donors (Lipinski definition) is 1. The van der Waals surface area contributed by atoms with Crippen LogP contribution in [0.4, 0.5) is 0 Å². The molecule has 0 spiro atoms. The minimum Gasteiger partial charge on any atom is -0.466 e. The smallest absolute Gasteiger partial charge is 0.281 e. The van der Waals surface area contributed by atoms with Crippen LogP contribution in [0.2, 0.25) is 0 Å². The Kier molecular flexibility index (Phi) is 3.52. The van der Waals surface area contributed by atoms with Gasteiger partial charge in [-0.3, -0.25) is 10.0 Å². The van der Waals surface area contributed by atoms with Crippen LogP contribution in [0, 0.1) is 13.8 Å². The summed E-state index contributed by atoms with van der Waals surface area (Å²) in [6.45, 7) is 3.54. The molecular weight excluding hydrogens is 218 g/mol. The SMILES string of the molecule is Cc1cc(C(=O)N(O)C2CCCCC2)c(C)o1. The van der Waals surface area contributed by atoms with Crippen LogP contribution in [0.25, 0.3) is 0 Å². The summed E-state index contributed by atoms with van der Waals surface area (Å²) in [7, 11) is 0. The van der Waals surface area contributed by atoms with E-state index in [-0.39, 0.29) is 11.9 Å². The highest BCUT2D eigenvalue weighted by molar-refractivity contribution is 5.94. The van der Waals surface area contributed by atoms with Crippen molar-refractivity contribution in [2.24, 2.45) is 0 Å². The zero-order valence-electron chi connectivity index (χ0n) is 10.4. The Morgan fingerprint density at radius 2 is 2.00 bits per heavy atom. The Morgan fingerprint density at radius 1 is 1.35 bits per heavy atom. The molecular formula is C13H19NO3. The quantitative estimate of drug-likeness (QED) is 0.635. The van der Waals surface area contributed by atoms with Gasteiger partial charge < -0.3 is 4.42 Å². The van der Waals surface area contributed by atoms with E-state index >= 15 is 0 Å². The highest BCUT2D eigenvalue weighted by Gasteiger charge is 2.27. The van der Waals surface area contributed by atoms with Crippen LogP contribution in [0.15, 0.2) is 10.5 Å². The molecule has 0 atom stereocenters. The van der Waals surface area contributed by atoms with Gasteiger partial charge in [-0.15, -0.1) is 0 Å². The number of carbonyl (C=O) groups is 1. The monoisotopic (exact) mass is 237 g/mol. The van der Waals surface area contributed by atoms with E-state index in [1.165, 1.54) is 6.42 Å². The molecule has 0 aromatic carbocycles. The second-order valence-corrected chi connectivity index (χ2v) is 4.77. The highest BCUT2D eigenvalue weighted by atomic mass is 16.5. The van der Waals surface area contributed by atoms with E-state index in [9.17, 15) is 10.0 Å². The third-order valence-corrected chi connectivity index (χ3v) is 3.40. The van der Waals surface area contributed by atoms with Gasteiger partial charge in [0.25, 0.3) is 5.91 Å². The number of aryl methyl sites for hydroxylation is 2. The number of carbonyl (C=O) groups excluding carboxylic acids is 1. The molecule has 17 heavy (non-hydrogen) atoms. The lowest BCUT2D eigenvalue weighted by atomic mass is 9.95. The molecule has 1 aliphatic rings. The molecule has 1 fully saturated rings. The van der Waals surface area contributed by atoms with E-state index in [2.05, 4.69) is 0 Å². The molecule has 0 saturated heterocycles. The Bertz CT molecular complexity index is 405. The topological polar surface area (TPSA) is 53.7 Å². The second kappa shape index (κ2) is 4.92. The average molecular weight is 237 g/mol. The van der Waals surface area contributed by atoms with Gasteiger partial charge in [0.1, 0.15) is 11.5 Å². The Labute approximate surface area is 101 Å². The summed E-state index contributed by atoms with van der Waals surface area (Å²) in [5, 5.41) is 10.9. The summed E-state index contributed by atoms with van der Waals surface area (Å²) in [6, 6.07) is 1.65. The van der Waals surface area contributed by atoms with E-state index in [0.717, 1.165) is 30.7 Å². The second-order valence-electron chi connectivity index (χ2n) is 4.77. The van der Waals surface area contributed by atoms with Gasteiger partial charge in [-0.05, 0) is 32.8 Å². The number of nitrogens with zero attached hydrogens (tertiary/aromatic N) is 1. The van der Waals surface area contributed by atoms with E-state index < -0.39 is 0 Å². The van der Waals surface area contributed by atoms with E-state index in [1.54, 1.807) is 19.9 Å². The maximum atomic E-state index is 12.1. The van der Waals surface area contributed by atoms with Gasteiger partial charge in [-0.2, -0.15) is 0 Å². The Balaban J connectivity index is 2.11. The molecule has 1 aromatic rings. The molecule has 1 saturated carbocycles. The molecule has 0 aliphatic heterocycles. The fourth-order valence-corrected chi connectivity index (χ4v) is 2.46. The van der Waals surface area contributed by atoms with E-state index in [4.69, 9.17) is 4.42 Å². The summed E-state index contributed by atoms with van der Waals surface area (Å²) in [4.78, 5) is 12.1. The lowest BCUT2D eigenvalue weighted by Crippen LogP contribution is -2.38. The van der Waals surface area contributed by atoms with Crippen molar-refractivity contribution in [2.45, 2.75) is 52.0 Å². The first-order chi connectivity index (χ1) is 8.09. The lowest BCUT2D eigenvalue weighted by Gasteiger charge is -2.28. The van der Waals surface area contributed by atoms with E-state index in [1.807, 2.05) is 0 Å². The molecule has 1 heterocycles. The minimum absolute atomic E-state index is 0.0362. The van der Waals surface area contributed by atoms with Gasteiger partial charge in [0.2, 0.25) is 0 Å². The Morgan fingerprint density at radius 3 is 2.53 bits per heavy atom. The molecule has 4 heteroatoms. The van der Waals surface area contributed by atoms with Crippen molar-refractivity contribution in [2.75, 3.05) is 0 Å². The molecule has 1 aliphatic carbocycles. The fourth-order valence-electron chi connectivity index (χ4n) is 2.46. The number of amides is 1. The average Bonchev–Trinajstić information content (AvgIpc) is 2.68. The first kappa shape index (κ1) is 12.2. The van der Waals surface area contributed by atoms with Gasteiger partial charge in [0, 0.05) is 0 Å². The van der Waals surface area contributed by atoms with Crippen LogP contribution >= 0.6 is 0 Å². The fraction of sp³-hybridized carbons (Fsp3) is 0.615. The molecule has 4 nitrogen and oxygen atoms in total. The first-order valence-electron chi connectivity index (χ1n) is 6.19. The maximum Gasteiger partial charge on any atom is 0.281 e. The number of rotatable bonds is 2. The summed E-state index contributed by atoms with van der Waals surface area (Å²) in [6.07, 6.45) is 5.13. The van der Waals surface area contributed by atoms with Gasteiger partial charge in [0.05, 0.1) is 11.6 Å². The third-order valence-electron chi connectivity index (χ3n) is 3.40. The molecule has 0 radical (unpaired) electrons. The van der Waals surface area contributed by atoms with Gasteiger partial charge in [0.15, 0.2) is 0 Å². The predicted molar refractivity (Wildman–Crippen MR) is 63.0 cm³/mol. The van der Waals surface area contributed by atoms with Gasteiger partial charge in [-0.25, -0.2) is 5.06 Å². The van der Waals surface area contributed by atoms with Crippen molar-refractivity contribution in [1.29, 1.82) is 0 Å². The van der Waals surface area contributed by atoms with Crippen LogP contribution in [0.5, 0.6) is 0 Å². The van der Waals surface area contributed by atoms with Crippen LogP contribution in [-0.2, 0) is 0 Å². The molecule has 0 unspecified atom stereocenters. The number of hydroxylamine groups is 2. The largest absolute Gasteiger partial charge is 0.466 e. The molecule has 1 amide bonds. The van der Waals surface area contributed by atoms with Crippen molar-refractivity contribution in [3.63, 3.8) is 0 Å². The van der Waals surface area contributed by atoms with Crippen LogP contribution in [0.1, 0.15) is 54.0 Å². The zero-order chi connectivity index (χ0) is 12.4. The molecule has 1 aromatic heterocycles. The summed E-state index contributed by atoms with van der Waals surface area (Å²) in [5.74, 6) is 0.927. The molecule has 1 N–H and O–H groups in total. The highest BCUT2D eigenvalue weighted by Crippen LogP contribution is 2.24. The summed E-state index contributed by atoms with van der Waals surface area (Å²) >= 11 is 0. The van der Waals surface area contributed by atoms with Crippen molar-refractivity contribution in [3.8, 4) is 0 Å². The lowest BCUT2D eigenvalue weighted by molar-refractivity contribution is -0.0964. The van der Waals surface area contributed by atoms with E-state index in [0.29, 0.717) is 17.1 Å². The predicted octanol–water partition coefficient (Wildman–Crippen LogP) is 3.06. The van der Waals surface area contributed by atoms with Gasteiger partial charge >= 0.3 is 0 Å². The molecule has 2 rings (SSSR count). The van der Waals surface area contributed by atoms with Crippen LogP contribution < -0.4 is 0 Å². The summed E-state index contributed by atoms with van der Waals surface area (Å²) in [5.41, 5.74) is 0.468.